The molecule has 0 saturated heterocycles. The van der Waals surface area contributed by atoms with Crippen LogP contribution in [0.15, 0.2) is 24.3 Å². The fourth-order valence-corrected chi connectivity index (χ4v) is 4.95. The Hall–Kier alpha value is -1.27. The predicted octanol–water partition coefficient (Wildman–Crippen LogP) is 7.24. The van der Waals surface area contributed by atoms with Gasteiger partial charge < -0.3 is 4.74 Å². The molecule has 1 aromatic rings. The Balaban J connectivity index is 0.00000210. The van der Waals surface area contributed by atoms with Crippen molar-refractivity contribution >= 4 is 0 Å². The van der Waals surface area contributed by atoms with Gasteiger partial charge in [-0.05, 0) is 79.9 Å². The summed E-state index contributed by atoms with van der Waals surface area (Å²) in [5, 5.41) is 9.42. The van der Waals surface area contributed by atoms with Gasteiger partial charge in [0.05, 0.1) is 0 Å². The highest BCUT2D eigenvalue weighted by Gasteiger charge is 2.34. The van der Waals surface area contributed by atoms with E-state index in [2.05, 4.69) is 11.7 Å². The van der Waals surface area contributed by atoms with E-state index in [4.69, 9.17) is 4.89 Å². The molecule has 1 aromatic carbocycles. The van der Waals surface area contributed by atoms with Crippen LogP contribution in [0.4, 0.5) is 13.2 Å². The van der Waals surface area contributed by atoms with E-state index in [1.54, 1.807) is 0 Å². The third-order valence-electron chi connectivity index (χ3n) is 6.53. The largest absolute Gasteiger partial charge is 0.573 e. The lowest BCUT2D eigenvalue weighted by Gasteiger charge is -2.38. The van der Waals surface area contributed by atoms with Crippen molar-refractivity contribution in [3.8, 4) is 5.75 Å². The highest BCUT2D eigenvalue weighted by Crippen LogP contribution is 2.45. The van der Waals surface area contributed by atoms with Gasteiger partial charge in [-0.15, -0.1) is 13.2 Å². The van der Waals surface area contributed by atoms with Gasteiger partial charge in [0.2, 0.25) is 0 Å². The van der Waals surface area contributed by atoms with Gasteiger partial charge >= 0.3 is 6.36 Å². The number of ether oxygens (including phenoxy) is 1. The highest BCUT2D eigenvalue weighted by molar-refractivity contribution is 5.29. The second kappa shape index (κ2) is 8.82. The van der Waals surface area contributed by atoms with Gasteiger partial charge in [0, 0.05) is 2.85 Å². The van der Waals surface area contributed by atoms with Crippen molar-refractivity contribution in [3.63, 3.8) is 0 Å². The van der Waals surface area contributed by atoms with E-state index in [0.717, 1.165) is 43.4 Å². The zero-order chi connectivity index (χ0) is 19.4. The molecule has 2 aliphatic rings. The number of hydrogen-bond donors (Lipinski definition) is 1. The Morgan fingerprint density at radius 3 is 1.93 bits per heavy atom. The van der Waals surface area contributed by atoms with Crippen molar-refractivity contribution < 1.29 is 30.9 Å². The van der Waals surface area contributed by atoms with Gasteiger partial charge in [-0.2, -0.15) is 0 Å². The average molecular weight is 390 g/mol. The summed E-state index contributed by atoms with van der Waals surface area (Å²) in [6, 6.07) is 5.61. The molecule has 0 heterocycles. The highest BCUT2D eigenvalue weighted by atomic mass is 19.4. The lowest BCUT2D eigenvalue weighted by atomic mass is 9.68. The first-order valence-corrected chi connectivity index (χ1v) is 10.0. The monoisotopic (exact) mass is 390 g/mol. The molecular weight excluding hydrogens is 357 g/mol. The minimum atomic E-state index is -4.70. The minimum Gasteiger partial charge on any atom is -0.406 e. The molecule has 0 aromatic heterocycles. The maximum Gasteiger partial charge on any atom is 0.573 e. The molecule has 0 bridgehead atoms. The average Bonchev–Trinajstić information content (AvgIpc) is 2.64. The van der Waals surface area contributed by atoms with Gasteiger partial charge in [0.25, 0.3) is 0 Å². The van der Waals surface area contributed by atoms with Gasteiger partial charge in [-0.3, -0.25) is 5.26 Å². The molecule has 1 atom stereocenters. The van der Waals surface area contributed by atoms with Crippen LogP contribution in [0.3, 0.4) is 0 Å². The molecule has 0 radical (unpaired) electrons. The summed E-state index contributed by atoms with van der Waals surface area (Å²) in [6.45, 7) is 2.33. The molecule has 1 unspecified atom stereocenters. The molecule has 0 amide bonds. The summed E-state index contributed by atoms with van der Waals surface area (Å²) >= 11 is 0. The number of rotatable bonds is 5. The number of benzene rings is 1. The van der Waals surface area contributed by atoms with Crippen molar-refractivity contribution in [1.82, 2.24) is 0 Å². The third-order valence-corrected chi connectivity index (χ3v) is 6.53. The zero-order valence-corrected chi connectivity index (χ0v) is 15.8. The van der Waals surface area contributed by atoms with Crippen molar-refractivity contribution in [3.05, 3.63) is 29.8 Å². The molecule has 6 heteroatoms. The van der Waals surface area contributed by atoms with Crippen LogP contribution in [0.2, 0.25) is 0 Å². The first-order valence-electron chi connectivity index (χ1n) is 10.0. The van der Waals surface area contributed by atoms with Crippen LogP contribution < -0.4 is 4.74 Å². The van der Waals surface area contributed by atoms with Crippen molar-refractivity contribution in [2.45, 2.75) is 70.8 Å². The molecule has 2 fully saturated rings. The standard InChI is InChI=1S/C21H29F3O3.2H2/c1-14-2-4-15(5-3-14)16-6-8-17(9-7-16)20(27-25)18-10-12-19(13-11-18)26-21(22,23)24;;/h10-17,20,25H,2-9H2,1H3;2*1H. The summed E-state index contributed by atoms with van der Waals surface area (Å²) in [7, 11) is 0. The second-order valence-electron chi connectivity index (χ2n) is 8.34. The quantitative estimate of drug-likeness (QED) is 0.425. The van der Waals surface area contributed by atoms with E-state index >= 15 is 0 Å². The second-order valence-corrected chi connectivity index (χ2v) is 8.34. The van der Waals surface area contributed by atoms with Crippen molar-refractivity contribution in [1.29, 1.82) is 0 Å². The molecule has 2 aliphatic carbocycles. The van der Waals surface area contributed by atoms with Crippen LogP contribution in [0.1, 0.15) is 72.8 Å². The van der Waals surface area contributed by atoms with Crippen LogP contribution in [0.25, 0.3) is 0 Å². The molecule has 1 N–H and O–H groups in total. The summed E-state index contributed by atoms with van der Waals surface area (Å²) < 4.78 is 40.7. The Morgan fingerprint density at radius 2 is 1.44 bits per heavy atom. The number of hydrogen-bond acceptors (Lipinski definition) is 3. The zero-order valence-electron chi connectivity index (χ0n) is 15.8. The smallest absolute Gasteiger partial charge is 0.406 e. The van der Waals surface area contributed by atoms with E-state index < -0.39 is 12.5 Å². The fraction of sp³-hybridized carbons (Fsp3) is 0.714. The van der Waals surface area contributed by atoms with E-state index in [0.29, 0.717) is 5.56 Å². The molecule has 156 valence electrons. The number of halogens is 3. The Morgan fingerprint density at radius 1 is 0.926 bits per heavy atom. The molecule has 0 spiro atoms. The SMILES string of the molecule is CC1CCC(C2CCC(C(OO)c3ccc(OC(F)(F)F)cc3)CC2)CC1.[HH].[HH]. The van der Waals surface area contributed by atoms with Crippen LogP contribution in [-0.2, 0) is 4.89 Å². The van der Waals surface area contributed by atoms with Gasteiger partial charge in [-0.25, -0.2) is 4.89 Å². The predicted molar refractivity (Wildman–Crippen MR) is 100 cm³/mol. The van der Waals surface area contributed by atoms with Crippen LogP contribution in [0, 0.1) is 23.7 Å². The topological polar surface area (TPSA) is 38.7 Å². The van der Waals surface area contributed by atoms with Gasteiger partial charge in [0.1, 0.15) is 11.9 Å². The van der Waals surface area contributed by atoms with Gasteiger partial charge in [-0.1, -0.05) is 31.9 Å². The maximum absolute atomic E-state index is 12.3. The summed E-state index contributed by atoms with van der Waals surface area (Å²) in [6.07, 6.45) is 4.34. The Kier molecular flexibility index (Phi) is 6.69. The Labute approximate surface area is 161 Å². The number of alkyl halides is 3. The van der Waals surface area contributed by atoms with E-state index in [1.165, 1.54) is 49.9 Å². The molecule has 3 nitrogen and oxygen atoms in total. The molecule has 27 heavy (non-hydrogen) atoms. The lowest BCUT2D eigenvalue weighted by Crippen LogP contribution is -2.28. The summed E-state index contributed by atoms with van der Waals surface area (Å²) in [4.78, 5) is 4.75. The van der Waals surface area contributed by atoms with Gasteiger partial charge in [0.15, 0.2) is 0 Å². The van der Waals surface area contributed by atoms with Crippen molar-refractivity contribution in [2.24, 2.45) is 23.7 Å². The minimum absolute atomic E-state index is 0. The fourth-order valence-electron chi connectivity index (χ4n) is 4.95. The molecular formula is C21H33F3O3. The lowest BCUT2D eigenvalue weighted by molar-refractivity contribution is -0.296. The van der Waals surface area contributed by atoms with E-state index in [1.807, 2.05) is 0 Å². The van der Waals surface area contributed by atoms with Crippen LogP contribution in [-0.4, -0.2) is 11.6 Å². The third kappa shape index (κ3) is 5.61. The van der Waals surface area contributed by atoms with Crippen LogP contribution >= 0.6 is 0 Å². The Bertz CT molecular complexity index is 582. The van der Waals surface area contributed by atoms with E-state index in [9.17, 15) is 18.4 Å². The maximum atomic E-state index is 12.3. The summed E-state index contributed by atoms with van der Waals surface area (Å²) in [5.41, 5.74) is 0.682. The normalized spacial score (nSPS) is 30.7. The van der Waals surface area contributed by atoms with E-state index in [-0.39, 0.29) is 14.5 Å². The first-order chi connectivity index (χ1) is 12.9. The summed E-state index contributed by atoms with van der Waals surface area (Å²) in [5.74, 6) is 2.36. The molecule has 2 saturated carbocycles. The molecule has 0 aliphatic heterocycles. The van der Waals surface area contributed by atoms with Crippen LogP contribution in [0.5, 0.6) is 5.75 Å². The molecule has 3 rings (SSSR count). The van der Waals surface area contributed by atoms with Crippen molar-refractivity contribution in [2.75, 3.05) is 0 Å². The first kappa shape index (κ1) is 20.5.